The number of carbonyl (C=O) groups excluding carboxylic acids is 1. The number of halogens is 2. The molecule has 2 atom stereocenters. The average Bonchev–Trinajstić information content (AvgIpc) is 2.82. The zero-order chi connectivity index (χ0) is 14.4. The maximum absolute atomic E-state index is 12.8. The van der Waals surface area contributed by atoms with Crippen LogP contribution >= 0.6 is 0 Å². The quantitative estimate of drug-likeness (QED) is 0.789. The summed E-state index contributed by atoms with van der Waals surface area (Å²) in [5, 5.41) is 0. The van der Waals surface area contributed by atoms with Crippen LogP contribution in [0.2, 0.25) is 0 Å². The minimum absolute atomic E-state index is 0.0394. The van der Waals surface area contributed by atoms with Gasteiger partial charge >= 0.3 is 0 Å². The third-order valence-corrected chi connectivity index (χ3v) is 4.20. The molecule has 2 heterocycles. The van der Waals surface area contributed by atoms with Crippen LogP contribution in [0, 0.1) is 0 Å². The zero-order valence-electron chi connectivity index (χ0n) is 12.2. The van der Waals surface area contributed by atoms with Crippen molar-refractivity contribution in [3.05, 3.63) is 0 Å². The molecular weight excluding hydrogens is 250 g/mol. The lowest BCUT2D eigenvalue weighted by Gasteiger charge is -2.42. The predicted octanol–water partition coefficient (Wildman–Crippen LogP) is 2.51. The minimum atomic E-state index is -2.74. The highest BCUT2D eigenvalue weighted by Crippen LogP contribution is 2.36. The second-order valence-electron chi connectivity index (χ2n) is 6.98. The third-order valence-electron chi connectivity index (χ3n) is 4.20. The van der Waals surface area contributed by atoms with Gasteiger partial charge in [-0.15, -0.1) is 0 Å². The van der Waals surface area contributed by atoms with Crippen molar-refractivity contribution in [2.45, 2.75) is 70.5 Å². The number of nitrogens with zero attached hydrogens (tertiary/aromatic N) is 2. The third kappa shape index (κ3) is 3.25. The number of alkyl halides is 2. The van der Waals surface area contributed by atoms with E-state index in [1.54, 1.807) is 0 Å². The van der Waals surface area contributed by atoms with E-state index in [0.717, 1.165) is 19.9 Å². The molecular formula is C14H24F2N2O. The van der Waals surface area contributed by atoms with E-state index in [2.05, 4.69) is 25.7 Å². The van der Waals surface area contributed by atoms with Crippen molar-refractivity contribution in [3.63, 3.8) is 0 Å². The van der Waals surface area contributed by atoms with Crippen LogP contribution in [0.5, 0.6) is 0 Å². The maximum Gasteiger partial charge on any atom is 0.245 e. The van der Waals surface area contributed by atoms with Crippen LogP contribution in [0.1, 0.15) is 47.0 Å². The number of piperazine rings is 1. The van der Waals surface area contributed by atoms with Gasteiger partial charge in [0.25, 0.3) is 0 Å². The van der Waals surface area contributed by atoms with Gasteiger partial charge < -0.3 is 4.90 Å². The van der Waals surface area contributed by atoms with E-state index < -0.39 is 5.92 Å². The summed E-state index contributed by atoms with van der Waals surface area (Å²) in [5.74, 6) is -2.85. The fourth-order valence-corrected chi connectivity index (χ4v) is 3.26. The van der Waals surface area contributed by atoms with E-state index in [0.29, 0.717) is 12.6 Å². The van der Waals surface area contributed by atoms with Gasteiger partial charge in [-0.2, -0.15) is 0 Å². The molecule has 2 aliphatic heterocycles. The number of carbonyl (C=O) groups is 1. The standard InChI is InChI=1S/C14H24F2N2O/c1-13(2,3)18-9-10-7-11(18)8-17(10)12(19)5-6-14(4,15)16/h10-11H,5-9H2,1-4H3/t10-,11-/m0/s1. The van der Waals surface area contributed by atoms with Crippen molar-refractivity contribution in [1.82, 2.24) is 9.80 Å². The molecule has 0 spiro atoms. The van der Waals surface area contributed by atoms with Crippen LogP contribution in [0.4, 0.5) is 8.78 Å². The normalized spacial score (nSPS) is 28.2. The van der Waals surface area contributed by atoms with Crippen LogP contribution in [-0.4, -0.2) is 52.3 Å². The molecule has 5 heteroatoms. The highest BCUT2D eigenvalue weighted by Gasteiger charge is 2.48. The molecule has 0 N–H and O–H groups in total. The van der Waals surface area contributed by atoms with E-state index in [1.165, 1.54) is 0 Å². The van der Waals surface area contributed by atoms with Crippen molar-refractivity contribution in [1.29, 1.82) is 0 Å². The second kappa shape index (κ2) is 4.69. The molecule has 2 saturated heterocycles. The number of fused-ring (bicyclic) bond motifs is 2. The van der Waals surface area contributed by atoms with Gasteiger partial charge in [-0.3, -0.25) is 9.69 Å². The van der Waals surface area contributed by atoms with Gasteiger partial charge in [-0.05, 0) is 34.1 Å². The Morgan fingerprint density at radius 1 is 1.16 bits per heavy atom. The number of rotatable bonds is 3. The van der Waals surface area contributed by atoms with Crippen molar-refractivity contribution < 1.29 is 13.6 Å². The first-order chi connectivity index (χ1) is 8.58. The molecule has 0 unspecified atom stereocenters. The van der Waals surface area contributed by atoms with Crippen molar-refractivity contribution in [2.75, 3.05) is 13.1 Å². The Kier molecular flexibility index (Phi) is 3.62. The Labute approximate surface area is 113 Å². The monoisotopic (exact) mass is 274 g/mol. The Morgan fingerprint density at radius 3 is 2.21 bits per heavy atom. The molecule has 110 valence electrons. The topological polar surface area (TPSA) is 23.6 Å². The second-order valence-corrected chi connectivity index (χ2v) is 6.98. The first-order valence-corrected chi connectivity index (χ1v) is 7.02. The molecule has 0 aromatic carbocycles. The Hall–Kier alpha value is -0.710. The summed E-state index contributed by atoms with van der Waals surface area (Å²) in [7, 11) is 0. The molecule has 0 aromatic rings. The number of likely N-dealkylation sites (tertiary alicyclic amines) is 2. The summed E-state index contributed by atoms with van der Waals surface area (Å²) in [6.45, 7) is 8.99. The van der Waals surface area contributed by atoms with E-state index in [-0.39, 0.29) is 30.3 Å². The van der Waals surface area contributed by atoms with Crippen LogP contribution < -0.4 is 0 Å². The van der Waals surface area contributed by atoms with Gasteiger partial charge in [0.1, 0.15) is 0 Å². The van der Waals surface area contributed by atoms with Gasteiger partial charge in [0.2, 0.25) is 11.8 Å². The summed E-state index contributed by atoms with van der Waals surface area (Å²) < 4.78 is 25.6. The highest BCUT2D eigenvalue weighted by molar-refractivity contribution is 5.77. The van der Waals surface area contributed by atoms with E-state index in [4.69, 9.17) is 0 Å². The summed E-state index contributed by atoms with van der Waals surface area (Å²) in [6, 6.07) is 0.623. The van der Waals surface area contributed by atoms with E-state index in [9.17, 15) is 13.6 Å². The molecule has 2 bridgehead atoms. The highest BCUT2D eigenvalue weighted by atomic mass is 19.3. The summed E-state index contributed by atoms with van der Waals surface area (Å²) in [4.78, 5) is 16.3. The number of hydrogen-bond donors (Lipinski definition) is 0. The minimum Gasteiger partial charge on any atom is -0.337 e. The Bertz CT molecular complexity index is 359. The smallest absolute Gasteiger partial charge is 0.245 e. The Balaban J connectivity index is 1.89. The molecule has 2 fully saturated rings. The number of amides is 1. The van der Waals surface area contributed by atoms with Crippen LogP contribution in [0.3, 0.4) is 0 Å². The molecule has 2 rings (SSSR count). The molecule has 1 amide bonds. The van der Waals surface area contributed by atoms with Crippen LogP contribution in [0.25, 0.3) is 0 Å². The van der Waals surface area contributed by atoms with Gasteiger partial charge in [-0.25, -0.2) is 8.78 Å². The first-order valence-electron chi connectivity index (χ1n) is 7.02. The lowest BCUT2D eigenvalue weighted by molar-refractivity contribution is -0.136. The lowest BCUT2D eigenvalue weighted by Crippen LogP contribution is -2.54. The molecule has 2 aliphatic rings. The molecule has 3 nitrogen and oxygen atoms in total. The first kappa shape index (κ1) is 14.7. The summed E-state index contributed by atoms with van der Waals surface area (Å²) in [6.07, 6.45) is 0.608. The predicted molar refractivity (Wildman–Crippen MR) is 70.2 cm³/mol. The molecule has 19 heavy (non-hydrogen) atoms. The fourth-order valence-electron chi connectivity index (χ4n) is 3.26. The van der Waals surface area contributed by atoms with Crippen LogP contribution in [0.15, 0.2) is 0 Å². The fraction of sp³-hybridized carbons (Fsp3) is 0.929. The average molecular weight is 274 g/mol. The number of hydrogen-bond acceptors (Lipinski definition) is 2. The molecule has 0 radical (unpaired) electrons. The van der Waals surface area contributed by atoms with Crippen molar-refractivity contribution in [2.24, 2.45) is 0 Å². The summed E-state index contributed by atoms with van der Waals surface area (Å²) >= 11 is 0. The van der Waals surface area contributed by atoms with E-state index >= 15 is 0 Å². The van der Waals surface area contributed by atoms with Crippen molar-refractivity contribution in [3.8, 4) is 0 Å². The van der Waals surface area contributed by atoms with Gasteiger partial charge in [0.15, 0.2) is 0 Å². The largest absolute Gasteiger partial charge is 0.337 e. The van der Waals surface area contributed by atoms with Gasteiger partial charge in [0.05, 0.1) is 0 Å². The Morgan fingerprint density at radius 2 is 1.79 bits per heavy atom. The summed E-state index contributed by atoms with van der Waals surface area (Å²) in [5.41, 5.74) is 0.116. The molecule has 0 saturated carbocycles. The van der Waals surface area contributed by atoms with Gasteiger partial charge in [0, 0.05) is 43.6 Å². The lowest BCUT2D eigenvalue weighted by atomic mass is 10.0. The SMILES string of the molecule is CC(F)(F)CCC(=O)N1C[C@@H]2C[C@H]1CN2C(C)(C)C. The van der Waals surface area contributed by atoms with Crippen LogP contribution in [-0.2, 0) is 4.79 Å². The van der Waals surface area contributed by atoms with Crippen molar-refractivity contribution >= 4 is 5.91 Å². The molecule has 0 aliphatic carbocycles. The maximum atomic E-state index is 12.8. The zero-order valence-corrected chi connectivity index (χ0v) is 12.2. The van der Waals surface area contributed by atoms with E-state index in [1.807, 2.05) is 4.90 Å². The van der Waals surface area contributed by atoms with Gasteiger partial charge in [-0.1, -0.05) is 0 Å². The molecule has 0 aromatic heterocycles.